The Bertz CT molecular complexity index is 571. The van der Waals surface area contributed by atoms with E-state index in [1.165, 1.54) is 17.7 Å². The van der Waals surface area contributed by atoms with Gasteiger partial charge in [-0.3, -0.25) is 4.79 Å². The van der Waals surface area contributed by atoms with Crippen molar-refractivity contribution in [3.05, 3.63) is 29.5 Å². The number of carbonyl (C=O) groups excluding carboxylic acids is 1. The highest BCUT2D eigenvalue weighted by molar-refractivity contribution is 5.91. The second kappa shape index (κ2) is 3.91. The maximum Gasteiger partial charge on any atom is 0.166 e. The van der Waals surface area contributed by atoms with Crippen LogP contribution in [0.25, 0.3) is 10.9 Å². The molecule has 17 heavy (non-hydrogen) atoms. The summed E-state index contributed by atoms with van der Waals surface area (Å²) in [5.74, 6) is 0. The van der Waals surface area contributed by atoms with Crippen molar-refractivity contribution in [2.45, 2.75) is 19.8 Å². The lowest BCUT2D eigenvalue weighted by atomic mass is 10.00. The third kappa shape index (κ3) is 1.62. The number of anilines is 1. The Morgan fingerprint density at radius 3 is 3.06 bits per heavy atom. The molecule has 0 saturated carbocycles. The fourth-order valence-electron chi connectivity index (χ4n) is 2.71. The number of H-pyrrole nitrogens is 1. The summed E-state index contributed by atoms with van der Waals surface area (Å²) in [7, 11) is 0. The van der Waals surface area contributed by atoms with Crippen molar-refractivity contribution in [2.75, 3.05) is 18.0 Å². The summed E-state index contributed by atoms with van der Waals surface area (Å²) in [6, 6.07) is 6.32. The molecule has 3 rings (SSSR count). The minimum absolute atomic E-state index is 0.658. The number of carbonyl (C=O) groups is 1. The normalized spacial score (nSPS) is 15.0. The van der Waals surface area contributed by atoms with Gasteiger partial charge in [-0.15, -0.1) is 0 Å². The number of nitrogens with zero attached hydrogens (tertiary/aromatic N) is 1. The highest BCUT2D eigenvalue weighted by Gasteiger charge is 2.16. The van der Waals surface area contributed by atoms with Gasteiger partial charge < -0.3 is 9.88 Å². The Kier molecular flexibility index (Phi) is 2.39. The van der Waals surface area contributed by atoms with Crippen molar-refractivity contribution >= 4 is 22.9 Å². The third-order valence-electron chi connectivity index (χ3n) is 3.56. The molecule has 1 aromatic heterocycles. The molecule has 1 aromatic carbocycles. The van der Waals surface area contributed by atoms with E-state index in [-0.39, 0.29) is 0 Å². The predicted octanol–water partition coefficient (Wildman–Crippen LogP) is 2.75. The monoisotopic (exact) mass is 228 g/mol. The van der Waals surface area contributed by atoms with Gasteiger partial charge in [0.2, 0.25) is 0 Å². The van der Waals surface area contributed by atoms with E-state index in [9.17, 15) is 4.79 Å². The maximum absolute atomic E-state index is 10.8. The highest BCUT2D eigenvalue weighted by atomic mass is 16.1. The number of aryl methyl sites for hydroxylation is 1. The molecule has 88 valence electrons. The first kappa shape index (κ1) is 10.4. The second-order valence-electron chi connectivity index (χ2n) is 4.59. The topological polar surface area (TPSA) is 36.1 Å². The number of fused-ring (bicyclic) bond motifs is 2. The Morgan fingerprint density at radius 2 is 2.29 bits per heavy atom. The van der Waals surface area contributed by atoms with Gasteiger partial charge in [-0.1, -0.05) is 0 Å². The molecule has 0 amide bonds. The van der Waals surface area contributed by atoms with Crippen LogP contribution in [-0.4, -0.2) is 24.4 Å². The predicted molar refractivity (Wildman–Crippen MR) is 69.9 cm³/mol. The molecule has 0 radical (unpaired) electrons. The summed E-state index contributed by atoms with van der Waals surface area (Å²) >= 11 is 0. The van der Waals surface area contributed by atoms with Crippen LogP contribution in [-0.2, 0) is 6.42 Å². The van der Waals surface area contributed by atoms with Crippen molar-refractivity contribution in [1.29, 1.82) is 0 Å². The first-order valence-electron chi connectivity index (χ1n) is 6.17. The van der Waals surface area contributed by atoms with Gasteiger partial charge in [-0.2, -0.15) is 0 Å². The lowest BCUT2D eigenvalue weighted by molar-refractivity contribution is 0.112. The molecule has 0 saturated heterocycles. The number of aldehydes is 1. The summed E-state index contributed by atoms with van der Waals surface area (Å²) in [5.41, 5.74) is 4.45. The molecule has 3 nitrogen and oxygen atoms in total. The van der Waals surface area contributed by atoms with Crippen molar-refractivity contribution < 1.29 is 4.79 Å². The minimum Gasteiger partial charge on any atom is -0.372 e. The zero-order valence-electron chi connectivity index (χ0n) is 9.99. The molecule has 2 heterocycles. The summed E-state index contributed by atoms with van der Waals surface area (Å²) < 4.78 is 0. The van der Waals surface area contributed by atoms with Gasteiger partial charge in [0.15, 0.2) is 6.29 Å². The summed E-state index contributed by atoms with van der Waals surface area (Å²) in [5, 5.41) is 1.14. The molecule has 0 aliphatic carbocycles. The van der Waals surface area contributed by atoms with Gasteiger partial charge >= 0.3 is 0 Å². The van der Waals surface area contributed by atoms with E-state index >= 15 is 0 Å². The number of hydrogen-bond donors (Lipinski definition) is 1. The van der Waals surface area contributed by atoms with Crippen LogP contribution in [0.4, 0.5) is 5.69 Å². The van der Waals surface area contributed by atoms with E-state index in [4.69, 9.17) is 0 Å². The molecule has 2 aromatic rings. The van der Waals surface area contributed by atoms with E-state index in [0.29, 0.717) is 5.69 Å². The van der Waals surface area contributed by atoms with E-state index in [0.717, 1.165) is 36.7 Å². The number of nitrogens with one attached hydrogen (secondary N) is 1. The van der Waals surface area contributed by atoms with Crippen LogP contribution in [0.3, 0.4) is 0 Å². The molecular formula is C14H16N2O. The van der Waals surface area contributed by atoms with Crippen molar-refractivity contribution in [1.82, 2.24) is 4.98 Å². The molecular weight excluding hydrogens is 212 g/mol. The number of aromatic nitrogens is 1. The minimum atomic E-state index is 0.658. The third-order valence-corrected chi connectivity index (χ3v) is 3.56. The number of benzene rings is 1. The van der Waals surface area contributed by atoms with Crippen LogP contribution in [0.15, 0.2) is 18.2 Å². The van der Waals surface area contributed by atoms with E-state index in [2.05, 4.69) is 28.9 Å². The summed E-state index contributed by atoms with van der Waals surface area (Å²) in [6.07, 6.45) is 3.23. The van der Waals surface area contributed by atoms with Crippen LogP contribution in [0, 0.1) is 0 Å². The maximum atomic E-state index is 10.8. The molecule has 0 atom stereocenters. The molecule has 1 aliphatic rings. The lowest BCUT2D eigenvalue weighted by Gasteiger charge is -2.30. The lowest BCUT2D eigenvalue weighted by Crippen LogP contribution is -2.28. The SMILES string of the molecule is CCN1CCCc2cc3cc(C=O)[nH]c3cc21. The van der Waals surface area contributed by atoms with Crippen molar-refractivity contribution in [2.24, 2.45) is 0 Å². The Morgan fingerprint density at radius 1 is 1.41 bits per heavy atom. The highest BCUT2D eigenvalue weighted by Crippen LogP contribution is 2.31. The molecule has 0 unspecified atom stereocenters. The zero-order valence-corrected chi connectivity index (χ0v) is 9.99. The molecule has 1 aliphatic heterocycles. The largest absolute Gasteiger partial charge is 0.372 e. The Labute approximate surface area is 100 Å². The molecule has 0 bridgehead atoms. The Hall–Kier alpha value is -1.77. The van der Waals surface area contributed by atoms with Gasteiger partial charge in [0.1, 0.15) is 0 Å². The van der Waals surface area contributed by atoms with Crippen LogP contribution < -0.4 is 4.90 Å². The van der Waals surface area contributed by atoms with Gasteiger partial charge in [0.25, 0.3) is 0 Å². The fourth-order valence-corrected chi connectivity index (χ4v) is 2.71. The second-order valence-corrected chi connectivity index (χ2v) is 4.59. The first-order chi connectivity index (χ1) is 8.31. The quantitative estimate of drug-likeness (QED) is 0.802. The van der Waals surface area contributed by atoms with Gasteiger partial charge in [-0.05, 0) is 43.5 Å². The average Bonchev–Trinajstić information content (AvgIpc) is 2.77. The van der Waals surface area contributed by atoms with Crippen molar-refractivity contribution in [3.63, 3.8) is 0 Å². The number of rotatable bonds is 2. The molecule has 3 heteroatoms. The van der Waals surface area contributed by atoms with Gasteiger partial charge in [-0.25, -0.2) is 0 Å². The average molecular weight is 228 g/mol. The van der Waals surface area contributed by atoms with Crippen LogP contribution in [0.2, 0.25) is 0 Å². The van der Waals surface area contributed by atoms with E-state index < -0.39 is 0 Å². The summed E-state index contributed by atoms with van der Waals surface area (Å²) in [6.45, 7) is 4.36. The fraction of sp³-hybridized carbons (Fsp3) is 0.357. The van der Waals surface area contributed by atoms with Gasteiger partial charge in [0, 0.05) is 29.7 Å². The van der Waals surface area contributed by atoms with Crippen LogP contribution in [0.5, 0.6) is 0 Å². The smallest absolute Gasteiger partial charge is 0.166 e. The standard InChI is InChI=1S/C14H16N2O/c1-2-16-5-3-4-10-6-11-7-12(9-17)15-13(11)8-14(10)16/h6-9,15H,2-5H2,1H3. The molecule has 0 fully saturated rings. The van der Waals surface area contributed by atoms with E-state index in [1.54, 1.807) is 0 Å². The molecule has 0 spiro atoms. The van der Waals surface area contributed by atoms with Crippen LogP contribution in [0.1, 0.15) is 29.4 Å². The van der Waals surface area contributed by atoms with Crippen molar-refractivity contribution in [3.8, 4) is 0 Å². The first-order valence-corrected chi connectivity index (χ1v) is 6.17. The van der Waals surface area contributed by atoms with E-state index in [1.807, 2.05) is 6.07 Å². The molecule has 1 N–H and O–H groups in total. The van der Waals surface area contributed by atoms with Gasteiger partial charge in [0.05, 0.1) is 5.69 Å². The zero-order chi connectivity index (χ0) is 11.8. The van der Waals surface area contributed by atoms with Crippen LogP contribution >= 0.6 is 0 Å². The number of aromatic amines is 1. The Balaban J connectivity index is 2.19. The summed E-state index contributed by atoms with van der Waals surface area (Å²) in [4.78, 5) is 16.3. The number of hydrogen-bond acceptors (Lipinski definition) is 2.